The molecule has 0 bridgehead atoms. The van der Waals surface area contributed by atoms with Crippen molar-refractivity contribution in [1.82, 2.24) is 9.55 Å². The van der Waals surface area contributed by atoms with Crippen LogP contribution in [0.2, 0.25) is 0 Å². The Hall–Kier alpha value is -2.01. The summed E-state index contributed by atoms with van der Waals surface area (Å²) in [7, 11) is 0. The highest BCUT2D eigenvalue weighted by Gasteiger charge is 2.09. The van der Waals surface area contributed by atoms with E-state index in [9.17, 15) is 4.79 Å². The minimum absolute atomic E-state index is 0.300. The lowest BCUT2D eigenvalue weighted by molar-refractivity contribution is 0.559. The summed E-state index contributed by atoms with van der Waals surface area (Å²) in [6.07, 6.45) is 4.88. The minimum Gasteiger partial charge on any atom is -0.423 e. The Morgan fingerprint density at radius 3 is 3.00 bits per heavy atom. The zero-order chi connectivity index (χ0) is 15.5. The fourth-order valence-corrected chi connectivity index (χ4v) is 3.42. The van der Waals surface area contributed by atoms with Gasteiger partial charge in [0.05, 0.1) is 0 Å². The Labute approximate surface area is 133 Å². The zero-order valence-electron chi connectivity index (χ0n) is 12.7. The fraction of sp³-hybridized carbons (Fsp3) is 0.294. The van der Waals surface area contributed by atoms with Crippen molar-refractivity contribution in [3.05, 3.63) is 58.2 Å². The molecular formula is C17H18N2O2S. The number of aromatic nitrogens is 2. The van der Waals surface area contributed by atoms with Crippen LogP contribution in [0.3, 0.4) is 0 Å². The van der Waals surface area contributed by atoms with Gasteiger partial charge in [0, 0.05) is 36.1 Å². The Morgan fingerprint density at radius 1 is 1.32 bits per heavy atom. The highest BCUT2D eigenvalue weighted by molar-refractivity contribution is 7.98. The highest BCUT2D eigenvalue weighted by atomic mass is 32.2. The molecular weight excluding hydrogens is 296 g/mol. The summed E-state index contributed by atoms with van der Waals surface area (Å²) in [6.45, 7) is 5.09. The number of nitrogens with zero attached hydrogens (tertiary/aromatic N) is 2. The zero-order valence-corrected chi connectivity index (χ0v) is 13.5. The molecule has 0 aliphatic rings. The molecule has 0 amide bonds. The van der Waals surface area contributed by atoms with Crippen molar-refractivity contribution in [3.63, 3.8) is 0 Å². The van der Waals surface area contributed by atoms with Gasteiger partial charge < -0.3 is 8.98 Å². The van der Waals surface area contributed by atoms with Gasteiger partial charge in [-0.15, -0.1) is 0 Å². The molecule has 0 saturated heterocycles. The van der Waals surface area contributed by atoms with Gasteiger partial charge in [-0.05, 0) is 30.5 Å². The molecule has 0 aliphatic carbocycles. The summed E-state index contributed by atoms with van der Waals surface area (Å²) < 4.78 is 7.44. The lowest BCUT2D eigenvalue weighted by atomic mass is 10.1. The summed E-state index contributed by atoms with van der Waals surface area (Å²) in [6, 6.07) is 7.54. The van der Waals surface area contributed by atoms with E-state index in [2.05, 4.69) is 16.5 Å². The van der Waals surface area contributed by atoms with E-state index in [1.165, 1.54) is 0 Å². The predicted octanol–water partition coefficient (Wildman–Crippen LogP) is 4.00. The van der Waals surface area contributed by atoms with Crippen molar-refractivity contribution in [2.75, 3.05) is 0 Å². The summed E-state index contributed by atoms with van der Waals surface area (Å²) in [5.74, 6) is 0.700. The molecule has 0 unspecified atom stereocenters. The van der Waals surface area contributed by atoms with E-state index in [0.29, 0.717) is 11.3 Å². The monoisotopic (exact) mass is 314 g/mol. The number of hydrogen-bond donors (Lipinski definition) is 0. The SMILES string of the molecule is CCCn1ccnc1SCc1cc(=O)oc2cc(C)ccc12. The number of hydrogen-bond acceptors (Lipinski definition) is 4. The first-order valence-corrected chi connectivity index (χ1v) is 8.33. The van der Waals surface area contributed by atoms with Crippen molar-refractivity contribution in [1.29, 1.82) is 0 Å². The molecule has 0 saturated carbocycles. The number of imidazole rings is 1. The van der Waals surface area contributed by atoms with E-state index >= 15 is 0 Å². The smallest absolute Gasteiger partial charge is 0.336 e. The average molecular weight is 314 g/mol. The predicted molar refractivity (Wildman–Crippen MR) is 89.3 cm³/mol. The Morgan fingerprint density at radius 2 is 2.18 bits per heavy atom. The van der Waals surface area contributed by atoms with Crippen molar-refractivity contribution >= 4 is 22.7 Å². The number of fused-ring (bicyclic) bond motifs is 1. The van der Waals surface area contributed by atoms with Crippen LogP contribution in [0.1, 0.15) is 24.5 Å². The summed E-state index contributed by atoms with van der Waals surface area (Å²) in [4.78, 5) is 16.1. The number of aryl methyl sites for hydroxylation is 2. The van der Waals surface area contributed by atoms with Gasteiger partial charge in [0.25, 0.3) is 0 Å². The van der Waals surface area contributed by atoms with E-state index in [4.69, 9.17) is 4.42 Å². The van der Waals surface area contributed by atoms with Crippen LogP contribution in [0, 0.1) is 6.92 Å². The maximum absolute atomic E-state index is 11.7. The summed E-state index contributed by atoms with van der Waals surface area (Å²) >= 11 is 1.65. The molecule has 2 heterocycles. The second-order valence-corrected chi connectivity index (χ2v) is 6.22. The van der Waals surface area contributed by atoms with Gasteiger partial charge in [-0.1, -0.05) is 30.8 Å². The molecule has 0 radical (unpaired) electrons. The molecule has 0 fully saturated rings. The van der Waals surface area contributed by atoms with Gasteiger partial charge in [-0.2, -0.15) is 0 Å². The lowest BCUT2D eigenvalue weighted by Gasteiger charge is -2.07. The lowest BCUT2D eigenvalue weighted by Crippen LogP contribution is -2.01. The van der Waals surface area contributed by atoms with E-state index in [0.717, 1.165) is 34.6 Å². The van der Waals surface area contributed by atoms with Crippen molar-refractivity contribution in [2.24, 2.45) is 0 Å². The fourth-order valence-electron chi connectivity index (χ4n) is 2.45. The molecule has 2 aromatic heterocycles. The van der Waals surface area contributed by atoms with Crippen LogP contribution in [-0.2, 0) is 12.3 Å². The second kappa shape index (κ2) is 6.40. The minimum atomic E-state index is -0.300. The highest BCUT2D eigenvalue weighted by Crippen LogP contribution is 2.26. The first kappa shape index (κ1) is 14.9. The molecule has 4 nitrogen and oxygen atoms in total. The van der Waals surface area contributed by atoms with Gasteiger partial charge in [0.1, 0.15) is 5.58 Å². The van der Waals surface area contributed by atoms with Gasteiger partial charge in [-0.3, -0.25) is 0 Å². The van der Waals surface area contributed by atoms with Crippen LogP contribution in [0.4, 0.5) is 0 Å². The molecule has 0 N–H and O–H groups in total. The quantitative estimate of drug-likeness (QED) is 0.527. The van der Waals surface area contributed by atoms with Gasteiger partial charge in [-0.25, -0.2) is 9.78 Å². The third-order valence-corrected chi connectivity index (χ3v) is 4.54. The van der Waals surface area contributed by atoms with Crippen LogP contribution < -0.4 is 5.63 Å². The van der Waals surface area contributed by atoms with Crippen LogP contribution in [0.15, 0.2) is 51.0 Å². The summed E-state index contributed by atoms with van der Waals surface area (Å²) in [5.41, 5.74) is 2.42. The third-order valence-electron chi connectivity index (χ3n) is 3.48. The van der Waals surface area contributed by atoms with Crippen molar-refractivity contribution in [3.8, 4) is 0 Å². The van der Waals surface area contributed by atoms with E-state index in [1.807, 2.05) is 37.5 Å². The molecule has 3 aromatic rings. The molecule has 5 heteroatoms. The maximum atomic E-state index is 11.7. The van der Waals surface area contributed by atoms with E-state index in [-0.39, 0.29) is 5.63 Å². The average Bonchev–Trinajstić information content (AvgIpc) is 2.92. The first-order valence-electron chi connectivity index (χ1n) is 7.34. The topological polar surface area (TPSA) is 48.0 Å². The van der Waals surface area contributed by atoms with Crippen molar-refractivity contribution < 1.29 is 4.42 Å². The molecule has 0 atom stereocenters. The normalized spacial score (nSPS) is 11.2. The standard InChI is InChI=1S/C17H18N2O2S/c1-3-7-19-8-6-18-17(19)22-11-13-10-16(20)21-15-9-12(2)4-5-14(13)15/h4-6,8-10H,3,7,11H2,1-2H3. The van der Waals surface area contributed by atoms with Crippen LogP contribution >= 0.6 is 11.8 Å². The Bertz CT molecular complexity index is 851. The van der Waals surface area contributed by atoms with Gasteiger partial charge in [0.15, 0.2) is 5.16 Å². The molecule has 22 heavy (non-hydrogen) atoms. The third kappa shape index (κ3) is 3.09. The second-order valence-electron chi connectivity index (χ2n) is 5.28. The van der Waals surface area contributed by atoms with Gasteiger partial charge in [0.2, 0.25) is 0 Å². The molecule has 114 valence electrons. The Balaban J connectivity index is 1.90. The van der Waals surface area contributed by atoms with Crippen molar-refractivity contribution in [2.45, 2.75) is 37.7 Å². The molecule has 3 rings (SSSR count). The van der Waals surface area contributed by atoms with Crippen LogP contribution in [0.5, 0.6) is 0 Å². The molecule has 0 spiro atoms. The molecule has 1 aromatic carbocycles. The number of benzene rings is 1. The molecule has 0 aliphatic heterocycles. The van der Waals surface area contributed by atoms with Gasteiger partial charge >= 0.3 is 5.63 Å². The number of thioether (sulfide) groups is 1. The maximum Gasteiger partial charge on any atom is 0.336 e. The first-order chi connectivity index (χ1) is 10.7. The number of rotatable bonds is 5. The van der Waals surface area contributed by atoms with E-state index < -0.39 is 0 Å². The van der Waals surface area contributed by atoms with Crippen LogP contribution in [0.25, 0.3) is 11.0 Å². The largest absolute Gasteiger partial charge is 0.423 e. The Kier molecular flexibility index (Phi) is 4.34. The summed E-state index contributed by atoms with van der Waals surface area (Å²) in [5, 5.41) is 1.97. The van der Waals surface area contributed by atoms with E-state index in [1.54, 1.807) is 17.8 Å². The van der Waals surface area contributed by atoms with Crippen LogP contribution in [-0.4, -0.2) is 9.55 Å².